The zero-order valence-corrected chi connectivity index (χ0v) is 20.6. The number of guanidine groups is 1. The fourth-order valence-electron chi connectivity index (χ4n) is 2.88. The molecule has 0 saturated heterocycles. The number of hydrogen-bond acceptors (Lipinski definition) is 4. The van der Waals surface area contributed by atoms with E-state index in [1.165, 1.54) is 13.2 Å². The normalized spacial score (nSPS) is 10.9. The summed E-state index contributed by atoms with van der Waals surface area (Å²) in [5.74, 6) is 0.818. The van der Waals surface area contributed by atoms with Crippen LogP contribution in [0.2, 0.25) is 0 Å². The number of nitrogens with one attached hydrogen (secondary N) is 2. The van der Waals surface area contributed by atoms with E-state index in [0.29, 0.717) is 30.4 Å². The Bertz CT molecular complexity index is 870. The van der Waals surface area contributed by atoms with E-state index in [9.17, 15) is 13.6 Å². The average Bonchev–Trinajstić information content (AvgIpc) is 2.78. The van der Waals surface area contributed by atoms with Crippen molar-refractivity contribution in [1.82, 2.24) is 15.5 Å². The minimum absolute atomic E-state index is 0. The van der Waals surface area contributed by atoms with E-state index in [4.69, 9.17) is 4.74 Å². The zero-order valence-electron chi connectivity index (χ0n) is 18.3. The smallest absolute Gasteiger partial charge is 0.387 e. The number of benzene rings is 2. The molecule has 0 bridgehead atoms. The van der Waals surface area contributed by atoms with Gasteiger partial charge in [0, 0.05) is 32.2 Å². The van der Waals surface area contributed by atoms with Gasteiger partial charge in [0.1, 0.15) is 11.5 Å². The summed E-state index contributed by atoms with van der Waals surface area (Å²) in [6.07, 6.45) is 0. The second-order valence-electron chi connectivity index (χ2n) is 6.52. The van der Waals surface area contributed by atoms with Gasteiger partial charge in [-0.3, -0.25) is 9.79 Å². The molecule has 0 unspecified atom stereocenters. The third-order valence-corrected chi connectivity index (χ3v) is 4.51. The molecule has 176 valence electrons. The summed E-state index contributed by atoms with van der Waals surface area (Å²) in [7, 11) is 3.05. The molecule has 0 saturated carbocycles. The highest BCUT2D eigenvalue weighted by molar-refractivity contribution is 14.0. The maximum atomic E-state index is 12.7. The summed E-state index contributed by atoms with van der Waals surface area (Å²) in [5, 5.41) is 5.96. The second-order valence-corrected chi connectivity index (χ2v) is 6.52. The quantitative estimate of drug-likeness (QED) is 0.263. The first kappa shape index (κ1) is 27.4. The summed E-state index contributed by atoms with van der Waals surface area (Å²) >= 11 is 0. The molecule has 0 aliphatic rings. The number of halogens is 3. The standard InChI is InChI=1S/C22H28F2N4O3.HI/c1-4-28(15-16-8-6-5-7-9-16)20(29)14-27-22(25-2)26-13-17-12-18(30-3)10-11-19(17)31-21(23)24;/h5-12,21H,4,13-15H2,1-3H3,(H2,25,26,27);1H. The van der Waals surface area contributed by atoms with Crippen LogP contribution in [0.25, 0.3) is 0 Å². The fraction of sp³-hybridized carbons (Fsp3) is 0.364. The van der Waals surface area contributed by atoms with Gasteiger partial charge in [-0.2, -0.15) is 8.78 Å². The number of amides is 1. The molecule has 0 aliphatic carbocycles. The lowest BCUT2D eigenvalue weighted by Crippen LogP contribution is -2.44. The molecule has 2 rings (SSSR count). The van der Waals surface area contributed by atoms with E-state index in [1.807, 2.05) is 37.3 Å². The number of ether oxygens (including phenoxy) is 2. The third-order valence-electron chi connectivity index (χ3n) is 4.51. The van der Waals surface area contributed by atoms with Crippen molar-refractivity contribution in [2.24, 2.45) is 4.99 Å². The van der Waals surface area contributed by atoms with Crippen LogP contribution >= 0.6 is 24.0 Å². The summed E-state index contributed by atoms with van der Waals surface area (Å²) in [6, 6.07) is 14.3. The molecule has 0 atom stereocenters. The minimum atomic E-state index is -2.94. The van der Waals surface area contributed by atoms with Crippen LogP contribution in [-0.4, -0.2) is 50.6 Å². The molecular formula is C22H29F2IN4O3. The van der Waals surface area contributed by atoms with Gasteiger partial charge < -0.3 is 25.0 Å². The molecule has 0 aromatic heterocycles. The van der Waals surface area contributed by atoms with Crippen LogP contribution in [0.3, 0.4) is 0 Å². The second kappa shape index (κ2) is 14.4. The first-order chi connectivity index (χ1) is 15.0. The molecule has 2 aromatic rings. The predicted molar refractivity (Wildman–Crippen MR) is 131 cm³/mol. The summed E-state index contributed by atoms with van der Waals surface area (Å²) in [4.78, 5) is 18.4. The third kappa shape index (κ3) is 8.85. The Hall–Kier alpha value is -2.63. The van der Waals surface area contributed by atoms with Crippen LogP contribution in [-0.2, 0) is 17.9 Å². The van der Waals surface area contributed by atoms with Crippen LogP contribution in [0, 0.1) is 0 Å². The molecule has 2 aromatic carbocycles. The highest BCUT2D eigenvalue weighted by atomic mass is 127. The number of methoxy groups -OCH3 is 1. The van der Waals surface area contributed by atoms with Crippen molar-refractivity contribution in [3.63, 3.8) is 0 Å². The Labute approximate surface area is 204 Å². The Kier molecular flexibility index (Phi) is 12.4. The zero-order chi connectivity index (χ0) is 22.6. The highest BCUT2D eigenvalue weighted by Gasteiger charge is 2.14. The maximum Gasteiger partial charge on any atom is 0.387 e. The van der Waals surface area contributed by atoms with E-state index < -0.39 is 6.61 Å². The Balaban J connectivity index is 0.00000512. The number of likely N-dealkylation sites (N-methyl/N-ethyl adjacent to an activating group) is 1. The van der Waals surface area contributed by atoms with Gasteiger partial charge >= 0.3 is 6.61 Å². The van der Waals surface area contributed by atoms with Gasteiger partial charge in [-0.25, -0.2) is 0 Å². The monoisotopic (exact) mass is 562 g/mol. The first-order valence-electron chi connectivity index (χ1n) is 9.84. The van der Waals surface area contributed by atoms with Gasteiger partial charge in [-0.05, 0) is 30.7 Å². The van der Waals surface area contributed by atoms with E-state index in [0.717, 1.165) is 5.56 Å². The van der Waals surface area contributed by atoms with E-state index in [1.54, 1.807) is 24.1 Å². The summed E-state index contributed by atoms with van der Waals surface area (Å²) < 4.78 is 35.1. The number of rotatable bonds is 10. The van der Waals surface area contributed by atoms with Gasteiger partial charge in [0.2, 0.25) is 5.91 Å². The van der Waals surface area contributed by atoms with Gasteiger partial charge in [0.25, 0.3) is 0 Å². The molecule has 0 heterocycles. The number of carbonyl (C=O) groups excluding carboxylic acids is 1. The van der Waals surface area contributed by atoms with Crippen molar-refractivity contribution in [2.75, 3.05) is 27.2 Å². The molecule has 7 nitrogen and oxygen atoms in total. The predicted octanol–water partition coefficient (Wildman–Crippen LogP) is 3.63. The van der Waals surface area contributed by atoms with Crippen LogP contribution < -0.4 is 20.1 Å². The number of carbonyl (C=O) groups is 1. The number of hydrogen-bond donors (Lipinski definition) is 2. The van der Waals surface area contributed by atoms with Crippen LogP contribution in [0.1, 0.15) is 18.1 Å². The lowest BCUT2D eigenvalue weighted by molar-refractivity contribution is -0.130. The molecule has 0 radical (unpaired) electrons. The SMILES string of the molecule is CCN(Cc1ccccc1)C(=O)CNC(=NC)NCc1cc(OC)ccc1OC(F)F.I. The maximum absolute atomic E-state index is 12.7. The summed E-state index contributed by atoms with van der Waals surface area (Å²) in [5.41, 5.74) is 1.51. The van der Waals surface area contributed by atoms with Crippen molar-refractivity contribution in [2.45, 2.75) is 26.6 Å². The Morgan fingerprint density at radius 1 is 1.16 bits per heavy atom. The lowest BCUT2D eigenvalue weighted by atomic mass is 10.2. The van der Waals surface area contributed by atoms with Crippen LogP contribution in [0.15, 0.2) is 53.5 Å². The van der Waals surface area contributed by atoms with Crippen molar-refractivity contribution in [3.05, 3.63) is 59.7 Å². The van der Waals surface area contributed by atoms with Crippen molar-refractivity contribution in [1.29, 1.82) is 0 Å². The van der Waals surface area contributed by atoms with Crippen molar-refractivity contribution in [3.8, 4) is 11.5 Å². The molecule has 2 N–H and O–H groups in total. The topological polar surface area (TPSA) is 75.2 Å². The molecule has 0 aliphatic heterocycles. The number of aliphatic imine (C=N–C) groups is 1. The van der Waals surface area contributed by atoms with E-state index in [-0.39, 0.29) is 48.7 Å². The van der Waals surface area contributed by atoms with Crippen LogP contribution in [0.5, 0.6) is 11.5 Å². The number of alkyl halides is 2. The van der Waals surface area contributed by atoms with E-state index in [2.05, 4.69) is 20.4 Å². The van der Waals surface area contributed by atoms with Crippen LogP contribution in [0.4, 0.5) is 8.78 Å². The van der Waals surface area contributed by atoms with Crippen molar-refractivity contribution < 1.29 is 23.0 Å². The lowest BCUT2D eigenvalue weighted by Gasteiger charge is -2.22. The molecule has 1 amide bonds. The minimum Gasteiger partial charge on any atom is -0.497 e. The first-order valence-corrected chi connectivity index (χ1v) is 9.84. The fourth-order valence-corrected chi connectivity index (χ4v) is 2.88. The van der Waals surface area contributed by atoms with Gasteiger partial charge in [-0.1, -0.05) is 30.3 Å². The largest absolute Gasteiger partial charge is 0.497 e. The highest BCUT2D eigenvalue weighted by Crippen LogP contribution is 2.25. The van der Waals surface area contributed by atoms with Gasteiger partial charge in [-0.15, -0.1) is 24.0 Å². The average molecular weight is 562 g/mol. The summed E-state index contributed by atoms with van der Waals surface area (Å²) in [6.45, 7) is 0.253. The molecule has 10 heteroatoms. The molecule has 0 spiro atoms. The van der Waals surface area contributed by atoms with E-state index >= 15 is 0 Å². The number of nitrogens with zero attached hydrogens (tertiary/aromatic N) is 2. The molecular weight excluding hydrogens is 533 g/mol. The van der Waals surface area contributed by atoms with Crippen molar-refractivity contribution >= 4 is 35.8 Å². The molecule has 32 heavy (non-hydrogen) atoms. The van der Waals surface area contributed by atoms with Gasteiger partial charge in [0.15, 0.2) is 5.96 Å². The Morgan fingerprint density at radius 3 is 2.47 bits per heavy atom. The molecule has 0 fully saturated rings. The Morgan fingerprint density at radius 2 is 1.88 bits per heavy atom. The van der Waals surface area contributed by atoms with Gasteiger partial charge in [0.05, 0.1) is 13.7 Å².